The van der Waals surface area contributed by atoms with Gasteiger partial charge in [0.25, 0.3) is 0 Å². The third-order valence-electron chi connectivity index (χ3n) is 4.63. The fraction of sp³-hybridized carbons (Fsp3) is 0.0870. The number of rotatable bonds is 8. The van der Waals surface area contributed by atoms with Gasteiger partial charge in [-0.3, -0.25) is 0 Å². The molecule has 0 atom stereocenters. The number of hydrazone groups is 1. The van der Waals surface area contributed by atoms with Gasteiger partial charge in [-0.15, -0.1) is 0 Å². The van der Waals surface area contributed by atoms with E-state index in [2.05, 4.69) is 57.0 Å². The molecule has 0 radical (unpaired) electrons. The highest BCUT2D eigenvalue weighted by Crippen LogP contribution is 2.33. The summed E-state index contributed by atoms with van der Waals surface area (Å²) in [6.45, 7) is 0.267. The van der Waals surface area contributed by atoms with Crippen molar-refractivity contribution in [3.8, 4) is 0 Å². The maximum atomic E-state index is 13.7. The van der Waals surface area contributed by atoms with Gasteiger partial charge in [0.05, 0.1) is 11.8 Å². The van der Waals surface area contributed by atoms with E-state index in [1.807, 2.05) is 24.3 Å². The van der Waals surface area contributed by atoms with Crippen LogP contribution in [0.5, 0.6) is 0 Å². The lowest BCUT2D eigenvalue weighted by molar-refractivity contribution is -0.139. The molecule has 0 unspecified atom stereocenters. The van der Waals surface area contributed by atoms with E-state index in [4.69, 9.17) is 11.6 Å². The van der Waals surface area contributed by atoms with Crippen LogP contribution < -0.4 is 16.1 Å². The Balaban J connectivity index is 1.58. The Morgan fingerprint density at radius 2 is 1.76 bits per heavy atom. The first kappa shape index (κ1) is 26.2. The highest BCUT2D eigenvalue weighted by molar-refractivity contribution is 9.10. The van der Waals surface area contributed by atoms with E-state index in [-0.39, 0.29) is 30.1 Å². The number of aromatic nitrogens is 4. The van der Waals surface area contributed by atoms with Crippen LogP contribution in [-0.4, -0.2) is 26.2 Å². The first-order chi connectivity index (χ1) is 17.7. The second-order valence-corrected chi connectivity index (χ2v) is 8.69. The van der Waals surface area contributed by atoms with Crippen LogP contribution in [0.25, 0.3) is 0 Å². The second kappa shape index (κ2) is 11.5. The number of anilines is 4. The number of alkyl halides is 3. The van der Waals surface area contributed by atoms with Crippen molar-refractivity contribution in [3.63, 3.8) is 0 Å². The highest BCUT2D eigenvalue weighted by Gasteiger charge is 2.34. The molecule has 3 N–H and O–H groups in total. The molecule has 0 amide bonds. The molecular formula is C23H16BrClF4N8. The fourth-order valence-corrected chi connectivity index (χ4v) is 3.48. The zero-order valence-corrected chi connectivity index (χ0v) is 20.9. The minimum atomic E-state index is -4.87. The van der Waals surface area contributed by atoms with Crippen molar-refractivity contribution >= 4 is 57.3 Å². The van der Waals surface area contributed by atoms with Crippen molar-refractivity contribution in [2.24, 2.45) is 5.10 Å². The topological polar surface area (TPSA) is 100 Å². The molecule has 14 heteroatoms. The average molecular weight is 596 g/mol. The number of hydrogen-bond donors (Lipinski definition) is 3. The first-order valence-electron chi connectivity index (χ1n) is 10.4. The van der Waals surface area contributed by atoms with Gasteiger partial charge in [-0.05, 0) is 47.5 Å². The van der Waals surface area contributed by atoms with Gasteiger partial charge in [-0.1, -0.05) is 45.7 Å². The lowest BCUT2D eigenvalue weighted by atomic mass is 10.2. The molecule has 2 aromatic carbocycles. The van der Waals surface area contributed by atoms with Crippen LogP contribution in [-0.2, 0) is 12.7 Å². The monoisotopic (exact) mass is 594 g/mol. The molecule has 2 aromatic heterocycles. The largest absolute Gasteiger partial charge is 0.419 e. The molecule has 37 heavy (non-hydrogen) atoms. The molecule has 0 bridgehead atoms. The number of hydrogen-bond acceptors (Lipinski definition) is 8. The SMILES string of the molecule is Fc1ccc(Nc2nc(NCc3ccc(Cl)nc3)nc(N/N=C/c3cccc(Br)c3)n2)cc1C(F)(F)F. The van der Waals surface area contributed by atoms with Crippen molar-refractivity contribution in [2.45, 2.75) is 12.7 Å². The van der Waals surface area contributed by atoms with E-state index < -0.39 is 17.6 Å². The molecule has 0 saturated carbocycles. The minimum absolute atomic E-state index is 0.00126. The Hall–Kier alpha value is -3.84. The Labute approximate surface area is 221 Å². The molecule has 0 saturated heterocycles. The fourth-order valence-electron chi connectivity index (χ4n) is 2.95. The summed E-state index contributed by atoms with van der Waals surface area (Å²) in [7, 11) is 0. The van der Waals surface area contributed by atoms with E-state index in [9.17, 15) is 17.6 Å². The summed E-state index contributed by atoms with van der Waals surface area (Å²) in [4.78, 5) is 16.6. The van der Waals surface area contributed by atoms with Crippen LogP contribution in [0.2, 0.25) is 5.15 Å². The molecule has 4 aromatic rings. The third-order valence-corrected chi connectivity index (χ3v) is 5.35. The molecular weight excluding hydrogens is 580 g/mol. The van der Waals surface area contributed by atoms with Gasteiger partial charge >= 0.3 is 6.18 Å². The van der Waals surface area contributed by atoms with E-state index in [0.717, 1.165) is 21.7 Å². The quantitative estimate of drug-likeness (QED) is 0.0909. The number of benzene rings is 2. The summed E-state index contributed by atoms with van der Waals surface area (Å²) in [6, 6.07) is 13.2. The Bertz CT molecular complexity index is 1420. The van der Waals surface area contributed by atoms with Crippen LogP contribution >= 0.6 is 27.5 Å². The van der Waals surface area contributed by atoms with Crippen LogP contribution in [0, 0.1) is 5.82 Å². The Kier molecular flexibility index (Phi) is 8.14. The lowest BCUT2D eigenvalue weighted by Gasteiger charge is -2.12. The smallest absolute Gasteiger partial charge is 0.350 e. The van der Waals surface area contributed by atoms with Crippen molar-refractivity contribution in [2.75, 3.05) is 16.1 Å². The van der Waals surface area contributed by atoms with Crippen molar-refractivity contribution < 1.29 is 17.6 Å². The van der Waals surface area contributed by atoms with Gasteiger partial charge in [0, 0.05) is 22.9 Å². The normalized spacial score (nSPS) is 11.5. The van der Waals surface area contributed by atoms with Crippen molar-refractivity contribution in [1.82, 2.24) is 19.9 Å². The predicted molar refractivity (Wildman–Crippen MR) is 136 cm³/mol. The van der Waals surface area contributed by atoms with Gasteiger partial charge < -0.3 is 10.6 Å². The molecule has 190 valence electrons. The summed E-state index contributed by atoms with van der Waals surface area (Å²) in [6.07, 6.45) is -1.77. The standard InChI is InChI=1S/C23H16BrClF4N8/c24-15-3-1-2-13(8-15)12-32-37-22-35-20(31-11-14-4-7-19(25)30-10-14)34-21(36-22)33-16-5-6-18(26)17(9-16)23(27,28)29/h1-10,12H,11H2,(H3,31,33,34,35,36,37)/b32-12+. The van der Waals surface area contributed by atoms with Crippen molar-refractivity contribution in [3.05, 3.63) is 92.9 Å². The average Bonchev–Trinajstić information content (AvgIpc) is 2.84. The maximum Gasteiger partial charge on any atom is 0.419 e. The molecule has 2 heterocycles. The second-order valence-electron chi connectivity index (χ2n) is 7.39. The highest BCUT2D eigenvalue weighted by atomic mass is 79.9. The zero-order valence-electron chi connectivity index (χ0n) is 18.6. The zero-order chi connectivity index (χ0) is 26.4. The van der Waals surface area contributed by atoms with Gasteiger partial charge in [0.15, 0.2) is 0 Å². The number of pyridine rings is 1. The number of nitrogens with zero attached hydrogens (tertiary/aromatic N) is 5. The van der Waals surface area contributed by atoms with Crippen LogP contribution in [0.4, 0.5) is 41.1 Å². The summed E-state index contributed by atoms with van der Waals surface area (Å²) in [5.41, 5.74) is 2.74. The predicted octanol–water partition coefficient (Wildman–Crippen LogP) is 6.64. The third kappa shape index (κ3) is 7.57. The number of halogens is 6. The molecule has 0 aliphatic heterocycles. The van der Waals surface area contributed by atoms with Gasteiger partial charge in [-0.25, -0.2) is 14.8 Å². The molecule has 4 rings (SSSR count). The first-order valence-corrected chi connectivity index (χ1v) is 11.6. The Morgan fingerprint density at radius 3 is 2.49 bits per heavy atom. The van der Waals surface area contributed by atoms with Crippen LogP contribution in [0.15, 0.2) is 70.4 Å². The van der Waals surface area contributed by atoms with Crippen molar-refractivity contribution in [1.29, 1.82) is 0 Å². The summed E-state index contributed by atoms with van der Waals surface area (Å²) < 4.78 is 53.9. The van der Waals surface area contributed by atoms with Crippen LogP contribution in [0.3, 0.4) is 0 Å². The molecule has 0 spiro atoms. The molecule has 0 aliphatic rings. The van der Waals surface area contributed by atoms with Crippen LogP contribution in [0.1, 0.15) is 16.7 Å². The summed E-state index contributed by atoms with van der Waals surface area (Å²) in [5, 5.41) is 10.1. The van der Waals surface area contributed by atoms with E-state index in [1.54, 1.807) is 18.3 Å². The maximum absolute atomic E-state index is 13.7. The molecule has 8 nitrogen and oxygen atoms in total. The van der Waals surface area contributed by atoms with E-state index in [0.29, 0.717) is 17.3 Å². The summed E-state index contributed by atoms with van der Waals surface area (Å²) >= 11 is 9.18. The Morgan fingerprint density at radius 1 is 0.973 bits per heavy atom. The van der Waals surface area contributed by atoms with E-state index >= 15 is 0 Å². The van der Waals surface area contributed by atoms with Gasteiger partial charge in [0.1, 0.15) is 11.0 Å². The number of nitrogens with one attached hydrogen (secondary N) is 3. The molecule has 0 aliphatic carbocycles. The lowest BCUT2D eigenvalue weighted by Crippen LogP contribution is -2.11. The minimum Gasteiger partial charge on any atom is -0.350 e. The summed E-state index contributed by atoms with van der Waals surface area (Å²) in [5.74, 6) is -1.41. The van der Waals surface area contributed by atoms with Gasteiger partial charge in [0.2, 0.25) is 17.8 Å². The molecule has 0 fully saturated rings. The van der Waals surface area contributed by atoms with Gasteiger partial charge in [-0.2, -0.15) is 33.2 Å². The van der Waals surface area contributed by atoms with E-state index in [1.165, 1.54) is 6.21 Å².